The van der Waals surface area contributed by atoms with Crippen molar-refractivity contribution in [1.29, 1.82) is 0 Å². The molecule has 2 heterocycles. The number of nitrogens with zero attached hydrogens (tertiary/aromatic N) is 2. The highest BCUT2D eigenvalue weighted by Gasteiger charge is 2.27. The van der Waals surface area contributed by atoms with Gasteiger partial charge in [0.25, 0.3) is 0 Å². The van der Waals surface area contributed by atoms with Gasteiger partial charge in [-0.25, -0.2) is 0 Å². The molecule has 5 heteroatoms. The minimum absolute atomic E-state index is 0.00940. The smallest absolute Gasteiger partial charge is 0.191 e. The van der Waals surface area contributed by atoms with Gasteiger partial charge < -0.3 is 9.47 Å². The number of fused-ring (bicyclic) bond motifs is 1. The van der Waals surface area contributed by atoms with Crippen molar-refractivity contribution in [3.8, 4) is 11.5 Å². The molecular weight excluding hydrogens is 268 g/mol. The van der Waals surface area contributed by atoms with Crippen LogP contribution in [0.3, 0.4) is 0 Å². The molecule has 0 N–H and O–H groups in total. The summed E-state index contributed by atoms with van der Waals surface area (Å²) in [7, 11) is 1.86. The average Bonchev–Trinajstić information content (AvgIpc) is 2.87. The monoisotopic (exact) mass is 286 g/mol. The van der Waals surface area contributed by atoms with Crippen LogP contribution in [0.15, 0.2) is 30.3 Å². The number of hydrogen-bond donors (Lipinski definition) is 0. The molecule has 1 aromatic heterocycles. The van der Waals surface area contributed by atoms with Gasteiger partial charge in [-0.2, -0.15) is 5.10 Å². The molecule has 1 unspecified atom stereocenters. The lowest BCUT2D eigenvalue weighted by atomic mass is 10.1. The molecule has 1 atom stereocenters. The number of ether oxygens (including phenoxy) is 2. The van der Waals surface area contributed by atoms with Crippen molar-refractivity contribution in [2.45, 2.75) is 25.9 Å². The van der Waals surface area contributed by atoms with Crippen LogP contribution in [0.5, 0.6) is 11.5 Å². The first-order valence-electron chi connectivity index (χ1n) is 7.10. The normalized spacial score (nSPS) is 16.8. The zero-order valence-corrected chi connectivity index (χ0v) is 12.2. The largest absolute Gasteiger partial charge is 0.485 e. The highest BCUT2D eigenvalue weighted by Crippen LogP contribution is 2.31. The Balaban J connectivity index is 1.70. The van der Waals surface area contributed by atoms with Gasteiger partial charge in [0, 0.05) is 12.7 Å². The molecule has 0 saturated carbocycles. The van der Waals surface area contributed by atoms with Gasteiger partial charge in [0.1, 0.15) is 6.61 Å². The van der Waals surface area contributed by atoms with Crippen LogP contribution in [-0.4, -0.2) is 28.3 Å². The number of rotatable bonds is 4. The Hall–Kier alpha value is -2.30. The molecule has 1 aliphatic heterocycles. The van der Waals surface area contributed by atoms with Crippen LogP contribution >= 0.6 is 0 Å². The van der Waals surface area contributed by atoms with Gasteiger partial charge in [-0.15, -0.1) is 0 Å². The van der Waals surface area contributed by atoms with E-state index in [1.54, 1.807) is 4.68 Å². The molecule has 0 fully saturated rings. The maximum atomic E-state index is 12.4. The van der Waals surface area contributed by atoms with Crippen LogP contribution in [0.25, 0.3) is 0 Å². The lowest BCUT2D eigenvalue weighted by Crippen LogP contribution is -2.37. The van der Waals surface area contributed by atoms with E-state index < -0.39 is 6.10 Å². The van der Waals surface area contributed by atoms with E-state index in [1.807, 2.05) is 44.3 Å². The van der Waals surface area contributed by atoms with Crippen LogP contribution in [0.2, 0.25) is 0 Å². The van der Waals surface area contributed by atoms with Gasteiger partial charge in [-0.1, -0.05) is 19.1 Å². The maximum absolute atomic E-state index is 12.4. The number of aromatic nitrogens is 2. The van der Waals surface area contributed by atoms with E-state index >= 15 is 0 Å². The first-order valence-corrected chi connectivity index (χ1v) is 7.10. The quantitative estimate of drug-likeness (QED) is 0.862. The lowest BCUT2D eigenvalue weighted by Gasteiger charge is -2.25. The number of Topliss-reactive ketones (excluding diaryl/α,β-unsaturated/α-hetero) is 1. The summed E-state index contributed by atoms with van der Waals surface area (Å²) in [4.78, 5) is 12.4. The first kappa shape index (κ1) is 13.7. The summed E-state index contributed by atoms with van der Waals surface area (Å²) >= 11 is 0. The van der Waals surface area contributed by atoms with E-state index in [2.05, 4.69) is 5.10 Å². The van der Waals surface area contributed by atoms with E-state index in [0.29, 0.717) is 17.9 Å². The molecule has 21 heavy (non-hydrogen) atoms. The summed E-state index contributed by atoms with van der Waals surface area (Å²) in [5.41, 5.74) is 1.89. The van der Waals surface area contributed by atoms with Crippen LogP contribution < -0.4 is 9.47 Å². The molecule has 0 aliphatic carbocycles. The Morgan fingerprint density at radius 3 is 2.86 bits per heavy atom. The van der Waals surface area contributed by atoms with Crippen LogP contribution in [0, 0.1) is 0 Å². The zero-order chi connectivity index (χ0) is 14.8. The van der Waals surface area contributed by atoms with Crippen LogP contribution in [-0.2, 0) is 24.7 Å². The minimum Gasteiger partial charge on any atom is -0.485 e. The van der Waals surface area contributed by atoms with E-state index in [9.17, 15) is 4.79 Å². The fourth-order valence-electron chi connectivity index (χ4n) is 2.38. The molecule has 0 spiro atoms. The summed E-state index contributed by atoms with van der Waals surface area (Å²) in [6.07, 6.45) is 0.609. The number of aryl methyl sites for hydroxylation is 2. The molecule has 1 aromatic carbocycles. The highest BCUT2D eigenvalue weighted by molar-refractivity contribution is 5.85. The molecule has 3 rings (SSSR count). The van der Waals surface area contributed by atoms with Crippen molar-refractivity contribution < 1.29 is 14.3 Å². The Morgan fingerprint density at radius 2 is 2.14 bits per heavy atom. The number of benzene rings is 1. The van der Waals surface area contributed by atoms with Gasteiger partial charge in [0.15, 0.2) is 23.4 Å². The van der Waals surface area contributed by atoms with Gasteiger partial charge in [0.2, 0.25) is 0 Å². The summed E-state index contributed by atoms with van der Waals surface area (Å²) in [5, 5.41) is 4.36. The third kappa shape index (κ3) is 2.77. The first-order chi connectivity index (χ1) is 10.2. The summed E-state index contributed by atoms with van der Waals surface area (Å²) in [5.74, 6) is 1.33. The Labute approximate surface area is 123 Å². The second kappa shape index (κ2) is 5.60. The van der Waals surface area contributed by atoms with Gasteiger partial charge in [-0.05, 0) is 24.6 Å². The summed E-state index contributed by atoms with van der Waals surface area (Å²) in [6, 6.07) is 9.37. The average molecular weight is 286 g/mol. The SMILES string of the molecule is CCc1cc(CC(=O)C2COc3ccccc3O2)n(C)n1. The molecule has 0 saturated heterocycles. The number of hydrogen-bond acceptors (Lipinski definition) is 4. The molecular formula is C16H18N2O3. The zero-order valence-electron chi connectivity index (χ0n) is 12.2. The predicted molar refractivity (Wildman–Crippen MR) is 77.7 cm³/mol. The Morgan fingerprint density at radius 1 is 1.38 bits per heavy atom. The van der Waals surface area contributed by atoms with E-state index in [0.717, 1.165) is 17.8 Å². The lowest BCUT2D eigenvalue weighted by molar-refractivity contribution is -0.127. The van der Waals surface area contributed by atoms with Gasteiger partial charge in [-0.3, -0.25) is 9.48 Å². The fraction of sp³-hybridized carbons (Fsp3) is 0.375. The van der Waals surface area contributed by atoms with Crippen molar-refractivity contribution >= 4 is 5.78 Å². The van der Waals surface area contributed by atoms with E-state index in [4.69, 9.17) is 9.47 Å². The number of carbonyl (C=O) groups is 1. The van der Waals surface area contributed by atoms with Gasteiger partial charge in [0.05, 0.1) is 12.1 Å². The standard InChI is InChI=1S/C16H18N2O3/c1-3-11-8-12(18(2)17-11)9-13(19)16-10-20-14-6-4-5-7-15(14)21-16/h4-8,16H,3,9-10H2,1-2H3. The molecule has 0 radical (unpaired) electrons. The van der Waals surface area contributed by atoms with Crippen molar-refractivity contribution in [1.82, 2.24) is 9.78 Å². The molecule has 2 aromatic rings. The number of para-hydroxylation sites is 2. The van der Waals surface area contributed by atoms with Crippen LogP contribution in [0.4, 0.5) is 0 Å². The Bertz CT molecular complexity index is 663. The summed E-state index contributed by atoms with van der Waals surface area (Å²) < 4.78 is 13.1. The van der Waals surface area contributed by atoms with Crippen LogP contribution in [0.1, 0.15) is 18.3 Å². The van der Waals surface area contributed by atoms with Crippen molar-refractivity contribution in [2.24, 2.45) is 7.05 Å². The second-order valence-corrected chi connectivity index (χ2v) is 5.11. The molecule has 110 valence electrons. The maximum Gasteiger partial charge on any atom is 0.191 e. The van der Waals surface area contributed by atoms with E-state index in [1.165, 1.54) is 0 Å². The van der Waals surface area contributed by atoms with Crippen molar-refractivity contribution in [3.05, 3.63) is 41.7 Å². The third-order valence-electron chi connectivity index (χ3n) is 3.61. The molecule has 0 bridgehead atoms. The van der Waals surface area contributed by atoms with Crippen molar-refractivity contribution in [3.63, 3.8) is 0 Å². The molecule has 0 amide bonds. The summed E-state index contributed by atoms with van der Waals surface area (Å²) in [6.45, 7) is 2.30. The van der Waals surface area contributed by atoms with Gasteiger partial charge >= 0.3 is 0 Å². The molecule has 1 aliphatic rings. The fourth-order valence-corrected chi connectivity index (χ4v) is 2.38. The minimum atomic E-state index is -0.556. The number of carbonyl (C=O) groups excluding carboxylic acids is 1. The Kier molecular flexibility index (Phi) is 3.64. The topological polar surface area (TPSA) is 53.4 Å². The molecule has 5 nitrogen and oxygen atoms in total. The highest BCUT2D eigenvalue weighted by atomic mass is 16.6. The van der Waals surface area contributed by atoms with E-state index in [-0.39, 0.29) is 12.4 Å². The number of ketones is 1. The third-order valence-corrected chi connectivity index (χ3v) is 3.61. The van der Waals surface area contributed by atoms with Crippen molar-refractivity contribution in [2.75, 3.05) is 6.61 Å². The second-order valence-electron chi connectivity index (χ2n) is 5.11. The predicted octanol–water partition coefficient (Wildman–Crippen LogP) is 1.93.